The summed E-state index contributed by atoms with van der Waals surface area (Å²) in [6.07, 6.45) is 1.63. The van der Waals surface area contributed by atoms with Crippen LogP contribution in [0.2, 0.25) is 0 Å². The molecule has 24 heavy (non-hydrogen) atoms. The zero-order valence-corrected chi connectivity index (χ0v) is 13.5. The lowest BCUT2D eigenvalue weighted by atomic mass is 9.90. The summed E-state index contributed by atoms with van der Waals surface area (Å²) in [6.45, 7) is 0. The Hall–Kier alpha value is -2.81. The molecule has 4 rings (SSSR count). The molecule has 0 saturated heterocycles. The number of carboxylic acid groups (broad SMARTS) is 1. The van der Waals surface area contributed by atoms with Gasteiger partial charge in [0, 0.05) is 17.2 Å². The van der Waals surface area contributed by atoms with Crippen molar-refractivity contribution in [2.45, 2.75) is 19.3 Å². The number of carbonyl (C=O) groups is 1. The van der Waals surface area contributed by atoms with Crippen LogP contribution in [0.1, 0.15) is 18.4 Å². The van der Waals surface area contributed by atoms with Crippen molar-refractivity contribution in [3.8, 4) is 5.75 Å². The van der Waals surface area contributed by atoms with E-state index < -0.39 is 5.97 Å². The predicted molar refractivity (Wildman–Crippen MR) is 97.3 cm³/mol. The summed E-state index contributed by atoms with van der Waals surface area (Å²) < 4.78 is 5.53. The fraction of sp³-hybridized carbons (Fsp3) is 0.190. The quantitative estimate of drug-likeness (QED) is 0.527. The molecule has 3 nitrogen and oxygen atoms in total. The van der Waals surface area contributed by atoms with E-state index in [0.717, 1.165) is 17.6 Å². The Morgan fingerprint density at radius 3 is 2.25 bits per heavy atom. The van der Waals surface area contributed by atoms with Gasteiger partial charge in [-0.25, -0.2) is 0 Å². The molecular weight excluding hydrogens is 300 g/mol. The Morgan fingerprint density at radius 2 is 1.54 bits per heavy atom. The number of hydrogen-bond donors (Lipinski definition) is 1. The maximum atomic E-state index is 10.8. The van der Waals surface area contributed by atoms with Gasteiger partial charge in [-0.1, -0.05) is 36.4 Å². The second-order valence-electron chi connectivity index (χ2n) is 6.16. The molecule has 4 aromatic rings. The van der Waals surface area contributed by atoms with E-state index in [1.54, 1.807) is 7.11 Å². The second-order valence-corrected chi connectivity index (χ2v) is 6.16. The molecule has 0 aliphatic rings. The lowest BCUT2D eigenvalue weighted by Crippen LogP contribution is -1.97. The van der Waals surface area contributed by atoms with Gasteiger partial charge >= 0.3 is 5.97 Å². The standard InChI is InChI=1S/C21H18O3/c1-24-18-12-9-15-7-10-16-13(3-2-4-19(22)23)5-6-14-8-11-17(18)21(15)20(14)16/h5-12H,2-4H2,1H3,(H,22,23). The van der Waals surface area contributed by atoms with Crippen molar-refractivity contribution in [3.05, 3.63) is 54.1 Å². The van der Waals surface area contributed by atoms with Gasteiger partial charge in [0.05, 0.1) is 7.11 Å². The van der Waals surface area contributed by atoms with Crippen molar-refractivity contribution in [2.24, 2.45) is 0 Å². The van der Waals surface area contributed by atoms with E-state index in [4.69, 9.17) is 9.84 Å². The second kappa shape index (κ2) is 5.68. The zero-order valence-electron chi connectivity index (χ0n) is 13.5. The third-order valence-electron chi connectivity index (χ3n) is 4.77. The topological polar surface area (TPSA) is 46.5 Å². The van der Waals surface area contributed by atoms with Crippen LogP contribution in [-0.2, 0) is 11.2 Å². The van der Waals surface area contributed by atoms with Crippen LogP contribution in [0.15, 0.2) is 48.5 Å². The smallest absolute Gasteiger partial charge is 0.303 e. The highest BCUT2D eigenvalue weighted by atomic mass is 16.5. The van der Waals surface area contributed by atoms with Crippen LogP contribution >= 0.6 is 0 Å². The summed E-state index contributed by atoms with van der Waals surface area (Å²) in [7, 11) is 1.70. The number of carboxylic acids is 1. The molecule has 120 valence electrons. The van der Waals surface area contributed by atoms with Gasteiger partial charge in [0.1, 0.15) is 5.75 Å². The molecule has 0 aliphatic heterocycles. The first-order chi connectivity index (χ1) is 11.7. The van der Waals surface area contributed by atoms with Crippen molar-refractivity contribution in [1.82, 2.24) is 0 Å². The van der Waals surface area contributed by atoms with Crippen LogP contribution in [0, 0.1) is 0 Å². The first-order valence-corrected chi connectivity index (χ1v) is 8.14. The van der Waals surface area contributed by atoms with Crippen LogP contribution in [0.4, 0.5) is 0 Å². The predicted octanol–water partition coefficient (Wildman–Crippen LogP) is 5.00. The molecule has 0 spiro atoms. The van der Waals surface area contributed by atoms with Gasteiger partial charge in [0.25, 0.3) is 0 Å². The lowest BCUT2D eigenvalue weighted by Gasteiger charge is -2.15. The minimum Gasteiger partial charge on any atom is -0.496 e. The maximum absolute atomic E-state index is 10.8. The third kappa shape index (κ3) is 2.24. The van der Waals surface area contributed by atoms with Gasteiger partial charge in [-0.2, -0.15) is 0 Å². The molecule has 1 N–H and O–H groups in total. The summed E-state index contributed by atoms with van der Waals surface area (Å²) in [5.74, 6) is 0.144. The first-order valence-electron chi connectivity index (χ1n) is 8.14. The summed E-state index contributed by atoms with van der Waals surface area (Å²) in [5, 5.41) is 16.1. The van der Waals surface area contributed by atoms with E-state index in [1.165, 1.54) is 32.5 Å². The van der Waals surface area contributed by atoms with Crippen LogP contribution in [-0.4, -0.2) is 18.2 Å². The van der Waals surface area contributed by atoms with Crippen LogP contribution in [0.25, 0.3) is 32.3 Å². The highest BCUT2D eigenvalue weighted by Gasteiger charge is 2.13. The highest BCUT2D eigenvalue weighted by Crippen LogP contribution is 2.39. The van der Waals surface area contributed by atoms with Crippen molar-refractivity contribution in [3.63, 3.8) is 0 Å². The number of hydrogen-bond acceptors (Lipinski definition) is 2. The molecule has 0 amide bonds. The van der Waals surface area contributed by atoms with E-state index in [2.05, 4.69) is 42.5 Å². The van der Waals surface area contributed by atoms with Crippen molar-refractivity contribution < 1.29 is 14.6 Å². The summed E-state index contributed by atoms with van der Waals surface area (Å²) in [6, 6.07) is 16.9. The fourth-order valence-electron chi connectivity index (χ4n) is 3.66. The fourth-order valence-corrected chi connectivity index (χ4v) is 3.66. The average molecular weight is 318 g/mol. The minimum atomic E-state index is -0.738. The van der Waals surface area contributed by atoms with Gasteiger partial charge < -0.3 is 9.84 Å². The number of aryl methyl sites for hydroxylation is 1. The summed E-state index contributed by atoms with van der Waals surface area (Å²) in [4.78, 5) is 10.8. The van der Waals surface area contributed by atoms with Crippen molar-refractivity contribution in [2.75, 3.05) is 7.11 Å². The third-order valence-corrected chi connectivity index (χ3v) is 4.77. The van der Waals surface area contributed by atoms with Crippen LogP contribution < -0.4 is 4.74 Å². The Bertz CT molecular complexity index is 1050. The van der Waals surface area contributed by atoms with Crippen LogP contribution in [0.5, 0.6) is 5.75 Å². The molecule has 3 heteroatoms. The van der Waals surface area contributed by atoms with Gasteiger partial charge in [0.15, 0.2) is 0 Å². The van der Waals surface area contributed by atoms with Crippen molar-refractivity contribution in [1.29, 1.82) is 0 Å². The number of ether oxygens (including phenoxy) is 1. The molecule has 0 bridgehead atoms. The zero-order chi connectivity index (χ0) is 16.7. The number of aliphatic carboxylic acids is 1. The van der Waals surface area contributed by atoms with Gasteiger partial charge in [-0.3, -0.25) is 4.79 Å². The molecule has 0 aromatic heterocycles. The largest absolute Gasteiger partial charge is 0.496 e. The molecule has 0 unspecified atom stereocenters. The van der Waals surface area contributed by atoms with Crippen molar-refractivity contribution >= 4 is 38.3 Å². The normalized spacial score (nSPS) is 11.5. The molecular formula is C21H18O3. The summed E-state index contributed by atoms with van der Waals surface area (Å²) in [5.41, 5.74) is 1.21. The monoisotopic (exact) mass is 318 g/mol. The molecule has 0 heterocycles. The molecule has 4 aromatic carbocycles. The Kier molecular flexibility index (Phi) is 3.49. The number of rotatable bonds is 5. The summed E-state index contributed by atoms with van der Waals surface area (Å²) >= 11 is 0. The van der Waals surface area contributed by atoms with Gasteiger partial charge in [0.2, 0.25) is 0 Å². The van der Waals surface area contributed by atoms with E-state index in [9.17, 15) is 4.79 Å². The van der Waals surface area contributed by atoms with E-state index in [0.29, 0.717) is 6.42 Å². The molecule has 0 aliphatic carbocycles. The number of benzene rings is 4. The average Bonchev–Trinajstić information content (AvgIpc) is 2.60. The maximum Gasteiger partial charge on any atom is 0.303 e. The van der Waals surface area contributed by atoms with E-state index in [1.807, 2.05) is 6.07 Å². The van der Waals surface area contributed by atoms with Gasteiger partial charge in [-0.15, -0.1) is 0 Å². The molecule has 0 fully saturated rings. The SMILES string of the molecule is COc1ccc2ccc3c(CCCC(=O)O)ccc4ccc1c2c43. The van der Waals surface area contributed by atoms with Gasteiger partial charge in [-0.05, 0) is 52.1 Å². The first kappa shape index (κ1) is 14.8. The van der Waals surface area contributed by atoms with E-state index >= 15 is 0 Å². The lowest BCUT2D eigenvalue weighted by molar-refractivity contribution is -0.137. The van der Waals surface area contributed by atoms with E-state index in [-0.39, 0.29) is 6.42 Å². The van der Waals surface area contributed by atoms with Crippen LogP contribution in [0.3, 0.4) is 0 Å². The number of methoxy groups -OCH3 is 1. The Morgan fingerprint density at radius 1 is 0.917 bits per heavy atom. The Labute approximate surface area is 139 Å². The minimum absolute atomic E-state index is 0.204. The highest BCUT2D eigenvalue weighted by molar-refractivity contribution is 6.24. The molecule has 0 radical (unpaired) electrons. The Balaban J connectivity index is 1.96. The molecule has 0 atom stereocenters. The molecule has 0 saturated carbocycles.